The van der Waals surface area contributed by atoms with E-state index in [4.69, 9.17) is 17.7 Å². The monoisotopic (exact) mass is 544 g/mol. The fourth-order valence-electron chi connectivity index (χ4n) is 7.81. The Bertz CT molecular complexity index is 637. The maximum absolute atomic E-state index is 6.50. The molecule has 3 rings (SSSR count). The predicted octanol–water partition coefficient (Wildman–Crippen LogP) is 6.80. The van der Waals surface area contributed by atoms with Gasteiger partial charge in [-0.2, -0.15) is 0 Å². The van der Waals surface area contributed by atoms with Crippen LogP contribution >= 0.6 is 0 Å². The molecule has 0 aromatic carbocycles. The summed E-state index contributed by atoms with van der Waals surface area (Å²) >= 11 is 0. The van der Waals surface area contributed by atoms with Gasteiger partial charge < -0.3 is 17.7 Å². The molecule has 0 spiro atoms. The van der Waals surface area contributed by atoms with Crippen molar-refractivity contribution in [2.75, 3.05) is 26.4 Å². The third-order valence-electron chi connectivity index (χ3n) is 8.77. The summed E-state index contributed by atoms with van der Waals surface area (Å²) in [6.07, 6.45) is 10.8. The van der Waals surface area contributed by atoms with Crippen molar-refractivity contribution in [3.8, 4) is 0 Å². The van der Waals surface area contributed by atoms with Crippen LogP contribution in [0.4, 0.5) is 0 Å². The highest BCUT2D eigenvalue weighted by atomic mass is 28.4. The van der Waals surface area contributed by atoms with Gasteiger partial charge in [0.05, 0.1) is 13.2 Å². The first-order valence-corrected chi connectivity index (χ1v) is 26.1. The van der Waals surface area contributed by atoms with E-state index < -0.39 is 34.7 Å². The van der Waals surface area contributed by atoms with Crippen molar-refractivity contribution in [3.05, 3.63) is 0 Å². The highest BCUT2D eigenvalue weighted by molar-refractivity contribution is 6.77. The van der Waals surface area contributed by atoms with E-state index in [1.54, 1.807) is 0 Å². The molecule has 0 amide bonds. The van der Waals surface area contributed by atoms with Crippen molar-refractivity contribution in [1.29, 1.82) is 0 Å². The van der Waals surface area contributed by atoms with Gasteiger partial charge in [-0.25, -0.2) is 0 Å². The SMILES string of the molecule is C[SiH](CCCOCC12CCC(C1)C1CCCC12COCCC[SiH](C)O[Si](C)(C)C)O[Si](C)(C)C. The van der Waals surface area contributed by atoms with Gasteiger partial charge in [0, 0.05) is 24.0 Å². The van der Waals surface area contributed by atoms with Gasteiger partial charge in [0.25, 0.3) is 0 Å². The smallest absolute Gasteiger partial charge is 0.170 e. The number of ether oxygens (including phenoxy) is 2. The minimum Gasteiger partial charge on any atom is -0.458 e. The van der Waals surface area contributed by atoms with Crippen LogP contribution in [0.5, 0.6) is 0 Å². The van der Waals surface area contributed by atoms with Crippen molar-refractivity contribution in [2.45, 2.75) is 116 Å². The molecule has 6 unspecified atom stereocenters. The predicted molar refractivity (Wildman–Crippen MR) is 155 cm³/mol. The van der Waals surface area contributed by atoms with E-state index in [-0.39, 0.29) is 0 Å². The molecule has 8 heteroatoms. The summed E-state index contributed by atoms with van der Waals surface area (Å²) in [5.41, 5.74) is 0.788. The van der Waals surface area contributed by atoms with Crippen LogP contribution in [-0.4, -0.2) is 61.1 Å². The van der Waals surface area contributed by atoms with Gasteiger partial charge in [0.1, 0.15) is 0 Å². The molecule has 3 aliphatic rings. The lowest BCUT2D eigenvalue weighted by molar-refractivity contribution is -0.0957. The van der Waals surface area contributed by atoms with Crippen molar-refractivity contribution < 1.29 is 17.7 Å². The summed E-state index contributed by atoms with van der Waals surface area (Å²) in [4.78, 5) is 0. The molecule has 4 nitrogen and oxygen atoms in total. The van der Waals surface area contributed by atoms with Crippen LogP contribution in [0.1, 0.15) is 51.4 Å². The first kappa shape index (κ1) is 29.3. The largest absolute Gasteiger partial charge is 0.458 e. The lowest BCUT2D eigenvalue weighted by atomic mass is 9.60. The van der Waals surface area contributed by atoms with E-state index in [0.29, 0.717) is 10.8 Å². The fourth-order valence-corrected chi connectivity index (χ4v) is 19.9. The Morgan fingerprint density at radius 1 is 0.765 bits per heavy atom. The summed E-state index contributed by atoms with van der Waals surface area (Å²) in [5, 5.41) is 0. The lowest BCUT2D eigenvalue weighted by Gasteiger charge is -2.48. The number of hydrogen-bond donors (Lipinski definition) is 0. The maximum atomic E-state index is 6.50. The molecule has 2 bridgehead atoms. The first-order chi connectivity index (χ1) is 15.9. The number of hydrogen-bond acceptors (Lipinski definition) is 4. The van der Waals surface area contributed by atoms with Crippen LogP contribution in [0.15, 0.2) is 0 Å². The second kappa shape index (κ2) is 12.0. The van der Waals surface area contributed by atoms with Gasteiger partial charge >= 0.3 is 0 Å². The zero-order valence-electron chi connectivity index (χ0n) is 23.8. The Morgan fingerprint density at radius 3 is 1.88 bits per heavy atom. The summed E-state index contributed by atoms with van der Waals surface area (Å²) in [6.45, 7) is 22.4. The summed E-state index contributed by atoms with van der Waals surface area (Å²) in [7, 11) is -4.82. The van der Waals surface area contributed by atoms with Gasteiger partial charge in [-0.3, -0.25) is 0 Å². The van der Waals surface area contributed by atoms with E-state index in [2.05, 4.69) is 52.4 Å². The van der Waals surface area contributed by atoms with Crippen LogP contribution < -0.4 is 0 Å². The topological polar surface area (TPSA) is 36.9 Å². The Hall–Kier alpha value is 0.708. The minimum atomic E-state index is -1.38. The van der Waals surface area contributed by atoms with E-state index in [0.717, 1.165) is 38.3 Å². The molecule has 0 radical (unpaired) electrons. The fraction of sp³-hybridized carbons (Fsp3) is 1.00. The minimum absolute atomic E-state index is 0.389. The molecule has 0 saturated heterocycles. The molecule has 0 heterocycles. The quantitative estimate of drug-likeness (QED) is 0.158. The Balaban J connectivity index is 1.44. The summed E-state index contributed by atoms with van der Waals surface area (Å²) in [6, 6.07) is 2.50. The molecular weight excluding hydrogens is 489 g/mol. The molecule has 200 valence electrons. The molecule has 3 aliphatic carbocycles. The standard InChI is InChI=1S/C26H56O4Si4/c1-31(29-33(3,4)5)18-10-16-27-21-25-15-13-23(20-25)24-12-9-14-26(24,25)22-28-17-11-19-32(2)30-34(6,7)8/h23-24,31-32H,9-22H2,1-8H3. The molecule has 6 atom stereocenters. The summed E-state index contributed by atoms with van der Waals surface area (Å²) in [5.74, 6) is 1.83. The van der Waals surface area contributed by atoms with Crippen molar-refractivity contribution in [3.63, 3.8) is 0 Å². The van der Waals surface area contributed by atoms with Crippen LogP contribution in [0.2, 0.25) is 64.5 Å². The first-order valence-electron chi connectivity index (χ1n) is 14.4. The third kappa shape index (κ3) is 7.62. The lowest BCUT2D eigenvalue weighted by Crippen LogP contribution is -2.47. The molecule has 0 N–H and O–H groups in total. The van der Waals surface area contributed by atoms with Crippen molar-refractivity contribution >= 4 is 34.7 Å². The second-order valence-electron chi connectivity index (χ2n) is 13.9. The van der Waals surface area contributed by atoms with E-state index in [1.165, 1.54) is 63.5 Å². The molecule has 34 heavy (non-hydrogen) atoms. The number of fused-ring (bicyclic) bond motifs is 5. The average molecular weight is 545 g/mol. The van der Waals surface area contributed by atoms with Gasteiger partial charge in [-0.1, -0.05) is 6.42 Å². The van der Waals surface area contributed by atoms with Gasteiger partial charge in [0.15, 0.2) is 34.7 Å². The molecule has 3 saturated carbocycles. The van der Waals surface area contributed by atoms with Gasteiger partial charge in [0.2, 0.25) is 0 Å². The zero-order chi connectivity index (χ0) is 25.0. The molecule has 0 aromatic rings. The number of rotatable bonds is 16. The summed E-state index contributed by atoms with van der Waals surface area (Å²) < 4.78 is 25.7. The molecular formula is C26H56O4Si4. The normalized spacial score (nSPS) is 32.8. The maximum Gasteiger partial charge on any atom is 0.170 e. The van der Waals surface area contributed by atoms with E-state index in [1.807, 2.05) is 0 Å². The van der Waals surface area contributed by atoms with E-state index >= 15 is 0 Å². The third-order valence-corrected chi connectivity index (χ3v) is 20.1. The Kier molecular flexibility index (Phi) is 10.4. The van der Waals surface area contributed by atoms with Crippen LogP contribution in [0, 0.1) is 22.7 Å². The van der Waals surface area contributed by atoms with Crippen molar-refractivity contribution in [1.82, 2.24) is 0 Å². The van der Waals surface area contributed by atoms with Crippen molar-refractivity contribution in [2.24, 2.45) is 22.7 Å². The van der Waals surface area contributed by atoms with Crippen LogP contribution in [0.25, 0.3) is 0 Å². The highest BCUT2D eigenvalue weighted by Crippen LogP contribution is 2.72. The molecule has 0 aliphatic heterocycles. The van der Waals surface area contributed by atoms with Gasteiger partial charge in [-0.05, 0) is 121 Å². The van der Waals surface area contributed by atoms with Crippen LogP contribution in [-0.2, 0) is 17.7 Å². The Morgan fingerprint density at radius 2 is 1.32 bits per heavy atom. The van der Waals surface area contributed by atoms with Crippen LogP contribution in [0.3, 0.4) is 0 Å². The average Bonchev–Trinajstić information content (AvgIpc) is 3.35. The Labute approximate surface area is 217 Å². The molecule has 0 aromatic heterocycles. The van der Waals surface area contributed by atoms with Gasteiger partial charge in [-0.15, -0.1) is 0 Å². The zero-order valence-corrected chi connectivity index (χ0v) is 28.2. The molecule has 3 fully saturated rings. The highest BCUT2D eigenvalue weighted by Gasteiger charge is 2.67. The van der Waals surface area contributed by atoms with E-state index in [9.17, 15) is 0 Å². The second-order valence-corrected chi connectivity index (χ2v) is 28.6.